The first-order valence-electron chi connectivity index (χ1n) is 7.49. The summed E-state index contributed by atoms with van der Waals surface area (Å²) in [5.41, 5.74) is 5.08. The van der Waals surface area contributed by atoms with Crippen LogP contribution in [0.3, 0.4) is 0 Å². The number of nitrogens with one attached hydrogen (secondary N) is 1. The molecule has 0 atom stereocenters. The van der Waals surface area contributed by atoms with Crippen molar-refractivity contribution in [3.8, 4) is 0 Å². The van der Waals surface area contributed by atoms with Crippen molar-refractivity contribution in [3.63, 3.8) is 0 Å². The molecule has 0 aliphatic carbocycles. The third-order valence-corrected chi connectivity index (χ3v) is 3.82. The Bertz CT molecular complexity index is 599. The number of ether oxygens (including phenoxy) is 1. The third-order valence-electron chi connectivity index (χ3n) is 3.82. The molecule has 0 aliphatic rings. The van der Waals surface area contributed by atoms with E-state index in [-0.39, 0.29) is 5.97 Å². The molecule has 1 aromatic heterocycles. The molecule has 0 bridgehead atoms. The SMILES string of the molecule is CCCCc1[nH]c(Cc2ccccc2)c(C)c1C(=O)OC. The van der Waals surface area contributed by atoms with Gasteiger partial charge in [0.15, 0.2) is 0 Å². The van der Waals surface area contributed by atoms with Crippen LogP contribution in [0.15, 0.2) is 30.3 Å². The lowest BCUT2D eigenvalue weighted by Gasteiger charge is -2.03. The number of benzene rings is 1. The van der Waals surface area contributed by atoms with Crippen molar-refractivity contribution >= 4 is 5.97 Å². The number of H-pyrrole nitrogens is 1. The summed E-state index contributed by atoms with van der Waals surface area (Å²) in [6, 6.07) is 10.3. The number of hydrogen-bond acceptors (Lipinski definition) is 2. The molecule has 0 amide bonds. The Labute approximate surface area is 126 Å². The lowest BCUT2D eigenvalue weighted by atomic mass is 10.0. The highest BCUT2D eigenvalue weighted by molar-refractivity contribution is 5.92. The minimum absolute atomic E-state index is 0.242. The number of carbonyl (C=O) groups is 1. The highest BCUT2D eigenvalue weighted by Gasteiger charge is 2.20. The fraction of sp³-hybridized carbons (Fsp3) is 0.389. The lowest BCUT2D eigenvalue weighted by Crippen LogP contribution is -2.05. The summed E-state index contributed by atoms with van der Waals surface area (Å²) in [7, 11) is 1.44. The van der Waals surface area contributed by atoms with Crippen LogP contribution in [0, 0.1) is 6.92 Å². The highest BCUT2D eigenvalue weighted by Crippen LogP contribution is 2.23. The van der Waals surface area contributed by atoms with E-state index in [2.05, 4.69) is 24.0 Å². The van der Waals surface area contributed by atoms with Gasteiger partial charge in [-0.25, -0.2) is 4.79 Å². The zero-order valence-electron chi connectivity index (χ0n) is 13.0. The molecular formula is C18H23NO2. The van der Waals surface area contributed by atoms with Gasteiger partial charge in [-0.05, 0) is 30.9 Å². The standard InChI is InChI=1S/C18H23NO2/c1-4-5-11-15-17(18(20)21-3)13(2)16(19-15)12-14-9-7-6-8-10-14/h6-10,19H,4-5,11-12H2,1-3H3. The van der Waals surface area contributed by atoms with E-state index in [0.717, 1.165) is 48.2 Å². The fourth-order valence-electron chi connectivity index (χ4n) is 2.61. The summed E-state index contributed by atoms with van der Waals surface area (Å²) in [6.45, 7) is 4.15. The van der Waals surface area contributed by atoms with E-state index in [1.165, 1.54) is 12.7 Å². The van der Waals surface area contributed by atoms with Gasteiger partial charge >= 0.3 is 5.97 Å². The molecule has 0 fully saturated rings. The van der Waals surface area contributed by atoms with E-state index in [4.69, 9.17) is 4.74 Å². The quantitative estimate of drug-likeness (QED) is 0.814. The normalized spacial score (nSPS) is 10.6. The molecule has 1 aromatic carbocycles. The van der Waals surface area contributed by atoms with Crippen molar-refractivity contribution in [1.29, 1.82) is 0 Å². The van der Waals surface area contributed by atoms with Gasteiger partial charge in [0, 0.05) is 17.8 Å². The molecule has 0 aliphatic heterocycles. The zero-order valence-corrected chi connectivity index (χ0v) is 13.0. The third kappa shape index (κ3) is 3.54. The Kier molecular flexibility index (Phi) is 5.20. The Morgan fingerprint density at radius 2 is 1.90 bits per heavy atom. The molecule has 2 aromatic rings. The molecule has 0 spiro atoms. The predicted octanol–water partition coefficient (Wildman–Crippen LogP) is 4.04. The van der Waals surface area contributed by atoms with E-state index in [9.17, 15) is 4.79 Å². The maximum absolute atomic E-state index is 12.0. The van der Waals surface area contributed by atoms with Crippen LogP contribution in [0.4, 0.5) is 0 Å². The van der Waals surface area contributed by atoms with Crippen LogP contribution < -0.4 is 0 Å². The second-order valence-corrected chi connectivity index (χ2v) is 5.34. The number of carbonyl (C=O) groups excluding carboxylic acids is 1. The van der Waals surface area contributed by atoms with Crippen molar-refractivity contribution in [2.45, 2.75) is 39.5 Å². The molecule has 3 heteroatoms. The molecule has 1 N–H and O–H groups in total. The first-order valence-corrected chi connectivity index (χ1v) is 7.49. The van der Waals surface area contributed by atoms with Crippen LogP contribution in [-0.2, 0) is 17.6 Å². The number of methoxy groups -OCH3 is 1. The number of hydrogen-bond donors (Lipinski definition) is 1. The molecule has 21 heavy (non-hydrogen) atoms. The van der Waals surface area contributed by atoms with Gasteiger partial charge in [0.25, 0.3) is 0 Å². The number of rotatable bonds is 6. The van der Waals surface area contributed by atoms with Gasteiger partial charge in [0.05, 0.1) is 12.7 Å². The van der Waals surface area contributed by atoms with E-state index in [1.54, 1.807) is 0 Å². The van der Waals surface area contributed by atoms with E-state index in [0.29, 0.717) is 0 Å². The summed E-state index contributed by atoms with van der Waals surface area (Å²) in [6.07, 6.45) is 3.86. The Balaban J connectivity index is 2.33. The molecule has 0 radical (unpaired) electrons. The molecule has 2 rings (SSSR count). The van der Waals surface area contributed by atoms with Gasteiger partial charge in [-0.15, -0.1) is 0 Å². The van der Waals surface area contributed by atoms with Crippen LogP contribution in [0.1, 0.15) is 52.6 Å². The summed E-state index contributed by atoms with van der Waals surface area (Å²) in [5.74, 6) is -0.242. The molecule has 0 saturated carbocycles. The molecule has 0 unspecified atom stereocenters. The lowest BCUT2D eigenvalue weighted by molar-refractivity contribution is 0.0599. The smallest absolute Gasteiger partial charge is 0.339 e. The number of aromatic amines is 1. The first kappa shape index (κ1) is 15.4. The number of aryl methyl sites for hydroxylation is 1. The van der Waals surface area contributed by atoms with Gasteiger partial charge in [-0.3, -0.25) is 0 Å². The molecule has 3 nitrogen and oxygen atoms in total. The Hall–Kier alpha value is -2.03. The van der Waals surface area contributed by atoms with Crippen molar-refractivity contribution in [3.05, 3.63) is 58.4 Å². The topological polar surface area (TPSA) is 42.1 Å². The zero-order chi connectivity index (χ0) is 15.2. The van der Waals surface area contributed by atoms with Crippen LogP contribution in [0.2, 0.25) is 0 Å². The van der Waals surface area contributed by atoms with Crippen LogP contribution in [0.25, 0.3) is 0 Å². The van der Waals surface area contributed by atoms with Crippen molar-refractivity contribution in [1.82, 2.24) is 4.98 Å². The average Bonchev–Trinajstić information content (AvgIpc) is 2.81. The van der Waals surface area contributed by atoms with Gasteiger partial charge < -0.3 is 9.72 Å². The van der Waals surface area contributed by atoms with Gasteiger partial charge in [-0.1, -0.05) is 43.7 Å². The summed E-state index contributed by atoms with van der Waals surface area (Å²) in [5, 5.41) is 0. The first-order chi connectivity index (χ1) is 10.2. The molecule has 0 saturated heterocycles. The minimum Gasteiger partial charge on any atom is -0.465 e. The van der Waals surface area contributed by atoms with Crippen LogP contribution in [0.5, 0.6) is 0 Å². The number of esters is 1. The summed E-state index contributed by atoms with van der Waals surface area (Å²) in [4.78, 5) is 15.5. The fourth-order valence-corrected chi connectivity index (χ4v) is 2.61. The largest absolute Gasteiger partial charge is 0.465 e. The summed E-state index contributed by atoms with van der Waals surface area (Å²) < 4.78 is 4.94. The number of aromatic nitrogens is 1. The van der Waals surface area contributed by atoms with Crippen LogP contribution in [-0.4, -0.2) is 18.1 Å². The van der Waals surface area contributed by atoms with E-state index >= 15 is 0 Å². The van der Waals surface area contributed by atoms with Crippen LogP contribution >= 0.6 is 0 Å². The molecular weight excluding hydrogens is 262 g/mol. The van der Waals surface area contributed by atoms with Gasteiger partial charge in [0.1, 0.15) is 0 Å². The Morgan fingerprint density at radius 1 is 1.19 bits per heavy atom. The monoisotopic (exact) mass is 285 g/mol. The maximum Gasteiger partial charge on any atom is 0.339 e. The number of unbranched alkanes of at least 4 members (excludes halogenated alkanes) is 1. The van der Waals surface area contributed by atoms with E-state index < -0.39 is 0 Å². The highest BCUT2D eigenvalue weighted by atomic mass is 16.5. The minimum atomic E-state index is -0.242. The van der Waals surface area contributed by atoms with Crippen molar-refractivity contribution in [2.24, 2.45) is 0 Å². The predicted molar refractivity (Wildman–Crippen MR) is 84.7 cm³/mol. The Morgan fingerprint density at radius 3 is 2.52 bits per heavy atom. The van der Waals surface area contributed by atoms with Gasteiger partial charge in [0.2, 0.25) is 0 Å². The van der Waals surface area contributed by atoms with Crippen molar-refractivity contribution < 1.29 is 9.53 Å². The average molecular weight is 285 g/mol. The van der Waals surface area contributed by atoms with Gasteiger partial charge in [-0.2, -0.15) is 0 Å². The second kappa shape index (κ2) is 7.11. The second-order valence-electron chi connectivity index (χ2n) is 5.34. The van der Waals surface area contributed by atoms with E-state index in [1.807, 2.05) is 25.1 Å². The maximum atomic E-state index is 12.0. The molecule has 112 valence electrons. The summed E-state index contributed by atoms with van der Waals surface area (Å²) >= 11 is 0. The van der Waals surface area contributed by atoms with Crippen molar-refractivity contribution in [2.75, 3.05) is 7.11 Å². The molecule has 1 heterocycles.